The van der Waals surface area contributed by atoms with E-state index in [2.05, 4.69) is 26.3 Å². The van der Waals surface area contributed by atoms with E-state index < -0.39 is 163 Å². The number of hydrogen-bond donors (Lipinski definition) is 7. The number of thioether (sulfide) groups is 1. The summed E-state index contributed by atoms with van der Waals surface area (Å²) >= 11 is 1.06. The van der Waals surface area contributed by atoms with E-state index >= 15 is 0 Å². The molecule has 8 amide bonds. The Hall–Kier alpha value is -6.55. The van der Waals surface area contributed by atoms with Gasteiger partial charge in [0, 0.05) is 86.2 Å². The van der Waals surface area contributed by atoms with Crippen LogP contribution in [-0.2, 0) is 70.4 Å². The molecule has 6 rings (SSSR count). The number of aliphatic hydroxyl groups is 1. The van der Waals surface area contributed by atoms with Gasteiger partial charge in [-0.25, -0.2) is 0 Å². The summed E-state index contributed by atoms with van der Waals surface area (Å²) in [6.07, 6.45) is -1.37. The Balaban J connectivity index is 1.50. The van der Waals surface area contributed by atoms with Crippen LogP contribution in [0.3, 0.4) is 0 Å². The topological polar surface area (TPSA) is 321 Å². The van der Waals surface area contributed by atoms with Gasteiger partial charge in [0.1, 0.15) is 6.04 Å². The zero-order valence-corrected chi connectivity index (χ0v) is 41.0. The van der Waals surface area contributed by atoms with E-state index in [1.165, 1.54) is 0 Å². The third kappa shape index (κ3) is 13.3. The molecule has 71 heavy (non-hydrogen) atoms. The molecule has 1 saturated heterocycles. The van der Waals surface area contributed by atoms with Gasteiger partial charge in [-0.2, -0.15) is 0 Å². The van der Waals surface area contributed by atoms with Crippen LogP contribution in [-0.4, -0.2) is 146 Å². The first-order valence-corrected chi connectivity index (χ1v) is 25.0. The number of nitrogens with one attached hydrogen (secondary N) is 5. The maximum absolute atomic E-state index is 14.7. The third-order valence-electron chi connectivity index (χ3n) is 13.8. The van der Waals surface area contributed by atoms with Crippen molar-refractivity contribution in [3.63, 3.8) is 0 Å². The average Bonchev–Trinajstić information content (AvgIpc) is 3.99. The van der Waals surface area contributed by atoms with Gasteiger partial charge in [-0.05, 0) is 41.5 Å². The molecule has 2 aromatic rings. The van der Waals surface area contributed by atoms with Crippen molar-refractivity contribution >= 4 is 93.1 Å². The maximum atomic E-state index is 14.7. The monoisotopic (exact) mass is 1000 g/mol. The molecule has 9 atom stereocenters. The minimum atomic E-state index is -1.44. The molecule has 0 spiro atoms. The number of carbonyl (C=O) groups excluding carboxylic acids is 12. The van der Waals surface area contributed by atoms with Crippen LogP contribution in [0.4, 0.5) is 0 Å². The molecule has 4 aliphatic rings. The second-order valence-electron chi connectivity index (χ2n) is 19.0. The summed E-state index contributed by atoms with van der Waals surface area (Å²) in [5.41, 5.74) is 7.01. The molecule has 22 heteroatoms. The number of primary amides is 1. The number of imide groups is 1. The zero-order chi connectivity index (χ0) is 51.8. The molecule has 8 N–H and O–H groups in total. The van der Waals surface area contributed by atoms with Crippen molar-refractivity contribution in [3.8, 4) is 0 Å². The van der Waals surface area contributed by atoms with E-state index in [0.29, 0.717) is 39.9 Å². The number of H-pyrrole nitrogens is 1. The van der Waals surface area contributed by atoms with E-state index in [-0.39, 0.29) is 38.0 Å². The molecule has 1 aromatic heterocycles. The lowest BCUT2D eigenvalue weighted by molar-refractivity contribution is -0.145. The average molecular weight is 1000 g/mol. The fourth-order valence-electron chi connectivity index (χ4n) is 9.42. The van der Waals surface area contributed by atoms with Crippen LogP contribution in [0.1, 0.15) is 90.2 Å². The summed E-state index contributed by atoms with van der Waals surface area (Å²) in [7, 11) is 0. The second-order valence-corrected chi connectivity index (χ2v) is 20.1. The lowest BCUT2D eigenvalue weighted by Gasteiger charge is -2.31. The maximum Gasteiger partial charge on any atom is 0.254 e. The standard InChI is InChI=1S/C49H62N8O13S/c1-5-24(3)44-36(60)9-10-40(64)52-34-23-71-48-32(31-14-26(7-8-33(31)53-48)13-29(58)22-57-42(66)11-12-43(57)67)15-27(46(68)51-20-41(65)54-44)16-38(62)45(25(4)6-2)55-47(69)35-19-30(59)21-56(35)49(70)28(17-37(34)61)18-39(50)63/h7-8,11-12,14,24-25,27-28,30,34-35,44-45,53,59H,5-6,9-10,13,15-23H2,1-4H3,(H2,50,63)(H,51,68)(H,52,64)(H,54,65)(H,55,69)/t24-,25?,27-,28-,30+,34-,35-,44-,45-/m0/s1. The number of Topliss-reactive ketones (excluding diaryl/α,β-unsaturated/α-hetero) is 4. The summed E-state index contributed by atoms with van der Waals surface area (Å²) in [5.74, 6) is -12.0. The Morgan fingerprint density at radius 3 is 2.15 bits per heavy atom. The molecule has 4 aliphatic heterocycles. The van der Waals surface area contributed by atoms with E-state index in [1.54, 1.807) is 39.0 Å². The van der Waals surface area contributed by atoms with E-state index in [4.69, 9.17) is 5.73 Å². The van der Waals surface area contributed by atoms with Crippen molar-refractivity contribution in [2.24, 2.45) is 29.4 Å². The van der Waals surface area contributed by atoms with Gasteiger partial charge in [0.25, 0.3) is 11.8 Å². The predicted octanol–water partition coefficient (Wildman–Crippen LogP) is -0.134. The van der Waals surface area contributed by atoms with E-state index in [0.717, 1.165) is 33.7 Å². The number of benzene rings is 1. The van der Waals surface area contributed by atoms with Crippen LogP contribution >= 0.6 is 11.8 Å². The normalized spacial score (nSPS) is 26.6. The Bertz CT molecular complexity index is 2520. The predicted molar refractivity (Wildman–Crippen MR) is 255 cm³/mol. The third-order valence-corrected chi connectivity index (χ3v) is 15.0. The van der Waals surface area contributed by atoms with Crippen molar-refractivity contribution < 1.29 is 62.6 Å². The summed E-state index contributed by atoms with van der Waals surface area (Å²) in [6, 6.07) is -0.000728. The van der Waals surface area contributed by atoms with E-state index in [1.807, 2.05) is 6.92 Å². The smallest absolute Gasteiger partial charge is 0.254 e. The Morgan fingerprint density at radius 1 is 0.817 bits per heavy atom. The van der Waals surface area contributed by atoms with Crippen LogP contribution in [0.15, 0.2) is 35.4 Å². The van der Waals surface area contributed by atoms with Gasteiger partial charge in [0.05, 0.1) is 48.3 Å². The van der Waals surface area contributed by atoms with Gasteiger partial charge >= 0.3 is 0 Å². The van der Waals surface area contributed by atoms with Gasteiger partial charge in [-0.1, -0.05) is 46.6 Å². The lowest BCUT2D eigenvalue weighted by Crippen LogP contribution is -2.54. The summed E-state index contributed by atoms with van der Waals surface area (Å²) in [4.78, 5) is 169. The van der Waals surface area contributed by atoms with Gasteiger partial charge in [-0.15, -0.1) is 11.8 Å². The molecule has 1 fully saturated rings. The Morgan fingerprint density at radius 2 is 1.49 bits per heavy atom. The van der Waals surface area contributed by atoms with Crippen LogP contribution in [0.25, 0.3) is 10.9 Å². The fraction of sp³-hybridized carbons (Fsp3) is 0.551. The number of nitrogens with zero attached hydrogens (tertiary/aromatic N) is 2. The first-order chi connectivity index (χ1) is 33.7. The van der Waals surface area contributed by atoms with Gasteiger partial charge in [-0.3, -0.25) is 62.4 Å². The molecular weight excluding hydrogens is 941 g/mol. The molecule has 1 aromatic carbocycles. The highest BCUT2D eigenvalue weighted by molar-refractivity contribution is 7.99. The SMILES string of the molecule is CCC(C)[C@@H]1NC(=O)[C@@H]2C[C@@H](O)CN2C(=O)[C@H](CC(N)=O)CC(=O)[C@@H]2CSc3[nH]c4ccc(CC(=O)CN5C(=O)C=CC5=O)cc4c3C[C@@H](CC1=O)C(=O)NCC(=O)N[C@@H]([C@@H](C)CC)C(=O)CCC(=O)N2. The number of hydrogen-bond acceptors (Lipinski definition) is 14. The van der Waals surface area contributed by atoms with Gasteiger partial charge in [0.15, 0.2) is 23.1 Å². The van der Waals surface area contributed by atoms with Crippen molar-refractivity contribution in [1.29, 1.82) is 0 Å². The van der Waals surface area contributed by atoms with Crippen LogP contribution in [0, 0.1) is 23.7 Å². The number of fused-ring (bicyclic) bond motifs is 5. The molecule has 0 aliphatic carbocycles. The number of aliphatic hydroxyl groups excluding tert-OH is 1. The second kappa shape index (κ2) is 23.6. The number of carbonyl (C=O) groups is 12. The van der Waals surface area contributed by atoms with Crippen molar-refractivity contribution in [2.75, 3.05) is 25.4 Å². The number of rotatable bonds is 10. The number of ketones is 4. The molecule has 0 saturated carbocycles. The number of amides is 8. The first-order valence-electron chi connectivity index (χ1n) is 24.0. The van der Waals surface area contributed by atoms with Gasteiger partial charge < -0.3 is 42.0 Å². The highest BCUT2D eigenvalue weighted by Gasteiger charge is 2.44. The summed E-state index contributed by atoms with van der Waals surface area (Å²) < 4.78 is 0. The zero-order valence-electron chi connectivity index (χ0n) is 40.2. The number of aromatic nitrogens is 1. The van der Waals surface area contributed by atoms with Crippen LogP contribution in [0.5, 0.6) is 0 Å². The number of aromatic amines is 1. The molecular formula is C49H62N8O13S. The van der Waals surface area contributed by atoms with Gasteiger partial charge in [0.2, 0.25) is 35.4 Å². The number of nitrogens with two attached hydrogens (primary N) is 1. The minimum Gasteiger partial charge on any atom is -0.391 e. The Labute approximate surface area is 413 Å². The minimum absolute atomic E-state index is 0.195. The first kappa shape index (κ1) is 53.8. The molecule has 1 unspecified atom stereocenters. The largest absolute Gasteiger partial charge is 0.391 e. The lowest BCUT2D eigenvalue weighted by atomic mass is 9.86. The molecule has 21 nitrogen and oxygen atoms in total. The van der Waals surface area contributed by atoms with Crippen molar-refractivity contribution in [2.45, 2.75) is 127 Å². The molecule has 5 heterocycles. The molecule has 382 valence electrons. The van der Waals surface area contributed by atoms with Crippen molar-refractivity contribution in [3.05, 3.63) is 41.5 Å². The van der Waals surface area contributed by atoms with Crippen molar-refractivity contribution in [1.82, 2.24) is 36.1 Å². The Kier molecular flexibility index (Phi) is 17.9. The highest BCUT2D eigenvalue weighted by atomic mass is 32.2. The fourth-order valence-corrected chi connectivity index (χ4v) is 10.6. The highest BCUT2D eigenvalue weighted by Crippen LogP contribution is 2.35. The van der Waals surface area contributed by atoms with Crippen LogP contribution < -0.4 is 27.0 Å². The summed E-state index contributed by atoms with van der Waals surface area (Å²) in [5, 5.41) is 22.5. The van der Waals surface area contributed by atoms with E-state index in [9.17, 15) is 62.6 Å². The molecule has 2 bridgehead atoms. The van der Waals surface area contributed by atoms with Crippen LogP contribution in [0.2, 0.25) is 0 Å². The molecule has 0 radical (unpaired) electrons. The quantitative estimate of drug-likeness (QED) is 0.153. The summed E-state index contributed by atoms with van der Waals surface area (Å²) in [6.45, 7) is 5.65.